The average molecular weight is 478 g/mol. The van der Waals surface area contributed by atoms with Crippen LogP contribution in [0.15, 0.2) is 29.3 Å². The Morgan fingerprint density at radius 1 is 1.23 bits per heavy atom. The third-order valence-corrected chi connectivity index (χ3v) is 3.99. The van der Waals surface area contributed by atoms with E-state index in [4.69, 9.17) is 4.74 Å². The lowest BCUT2D eigenvalue weighted by Crippen LogP contribution is -2.54. The van der Waals surface area contributed by atoms with Crippen LogP contribution in [0.3, 0.4) is 0 Å². The van der Waals surface area contributed by atoms with Crippen LogP contribution in [0.5, 0.6) is 0 Å². The first-order valence-corrected chi connectivity index (χ1v) is 8.83. The lowest BCUT2D eigenvalue weighted by atomic mass is 10.1. The predicted octanol–water partition coefficient (Wildman–Crippen LogP) is 2.73. The summed E-state index contributed by atoms with van der Waals surface area (Å²) in [6, 6.07) is 6.61. The van der Waals surface area contributed by atoms with Crippen LogP contribution < -0.4 is 5.32 Å². The third kappa shape index (κ3) is 6.97. The molecule has 1 saturated heterocycles. The number of carbonyl (C=O) groups excluding carboxylic acids is 1. The number of nitrogens with one attached hydrogen (secondary N) is 1. The van der Waals surface area contributed by atoms with Crippen molar-refractivity contribution >= 4 is 36.0 Å². The summed E-state index contributed by atoms with van der Waals surface area (Å²) < 4.78 is 18.3. The van der Waals surface area contributed by atoms with E-state index in [1.54, 1.807) is 17.0 Å². The van der Waals surface area contributed by atoms with Crippen LogP contribution in [0.2, 0.25) is 0 Å². The maximum atomic E-state index is 13.2. The molecule has 0 aliphatic carbocycles. The van der Waals surface area contributed by atoms with Crippen LogP contribution in [0.25, 0.3) is 0 Å². The second-order valence-corrected chi connectivity index (χ2v) is 5.79. The van der Waals surface area contributed by atoms with Gasteiger partial charge >= 0.3 is 6.09 Å². The van der Waals surface area contributed by atoms with Crippen molar-refractivity contribution in [3.63, 3.8) is 0 Å². The van der Waals surface area contributed by atoms with Gasteiger partial charge in [-0.2, -0.15) is 0 Å². The summed E-state index contributed by atoms with van der Waals surface area (Å²) in [7, 11) is 0. The number of hydrogen-bond donors (Lipinski definition) is 1. The summed E-state index contributed by atoms with van der Waals surface area (Å²) in [4.78, 5) is 20.3. The van der Waals surface area contributed by atoms with Gasteiger partial charge in [-0.05, 0) is 38.0 Å². The Hall–Kier alpha value is -1.58. The van der Waals surface area contributed by atoms with Crippen LogP contribution in [0, 0.1) is 5.82 Å². The normalized spacial score (nSPS) is 14.7. The van der Waals surface area contributed by atoms with E-state index in [9.17, 15) is 9.18 Å². The van der Waals surface area contributed by atoms with Crippen molar-refractivity contribution in [2.75, 3.05) is 45.9 Å². The van der Waals surface area contributed by atoms with Crippen molar-refractivity contribution in [2.24, 2.45) is 4.99 Å². The molecular formula is C18H28FIN4O2. The minimum atomic E-state index is -0.254. The Morgan fingerprint density at radius 3 is 2.54 bits per heavy atom. The molecule has 1 fully saturated rings. The molecule has 8 heteroatoms. The lowest BCUT2D eigenvalue weighted by Gasteiger charge is -2.35. The molecule has 0 atom stereocenters. The van der Waals surface area contributed by atoms with E-state index < -0.39 is 0 Å². The van der Waals surface area contributed by atoms with Crippen molar-refractivity contribution in [1.29, 1.82) is 0 Å². The Morgan fingerprint density at radius 2 is 1.92 bits per heavy atom. The molecule has 1 N–H and O–H groups in total. The number of aliphatic imine (C=N–C) groups is 1. The van der Waals surface area contributed by atoms with Gasteiger partial charge < -0.3 is 19.9 Å². The number of rotatable bonds is 5. The molecule has 1 heterocycles. The molecule has 2 rings (SSSR count). The monoisotopic (exact) mass is 478 g/mol. The van der Waals surface area contributed by atoms with Gasteiger partial charge in [0.15, 0.2) is 5.96 Å². The van der Waals surface area contributed by atoms with E-state index >= 15 is 0 Å². The van der Waals surface area contributed by atoms with E-state index in [0.717, 1.165) is 18.1 Å². The number of ether oxygens (including phenoxy) is 1. The summed E-state index contributed by atoms with van der Waals surface area (Å²) in [5, 5.41) is 3.29. The van der Waals surface area contributed by atoms with Crippen LogP contribution >= 0.6 is 24.0 Å². The maximum absolute atomic E-state index is 13.2. The summed E-state index contributed by atoms with van der Waals surface area (Å²) in [5.41, 5.74) is 0.937. The first-order chi connectivity index (χ1) is 12.1. The molecule has 0 unspecified atom stereocenters. The fraction of sp³-hybridized carbons (Fsp3) is 0.556. The molecule has 1 aromatic carbocycles. The van der Waals surface area contributed by atoms with Crippen LogP contribution in [0.4, 0.5) is 9.18 Å². The van der Waals surface area contributed by atoms with Crippen molar-refractivity contribution in [2.45, 2.75) is 20.3 Å². The Balaban J connectivity index is 0.00000338. The Kier molecular flexibility index (Phi) is 10.3. The zero-order chi connectivity index (χ0) is 18.1. The summed E-state index contributed by atoms with van der Waals surface area (Å²) in [6.07, 6.45) is 0.435. The molecular weight excluding hydrogens is 450 g/mol. The second kappa shape index (κ2) is 11.9. The molecule has 0 saturated carbocycles. The number of halogens is 2. The first-order valence-electron chi connectivity index (χ1n) is 8.83. The minimum Gasteiger partial charge on any atom is -0.450 e. The van der Waals surface area contributed by atoms with Crippen molar-refractivity contribution < 1.29 is 13.9 Å². The molecule has 0 radical (unpaired) electrons. The molecule has 146 valence electrons. The molecule has 0 aromatic heterocycles. The predicted molar refractivity (Wildman–Crippen MR) is 112 cm³/mol. The van der Waals surface area contributed by atoms with Gasteiger partial charge in [-0.25, -0.2) is 9.18 Å². The van der Waals surface area contributed by atoms with Gasteiger partial charge in [-0.1, -0.05) is 12.1 Å². The Bertz CT molecular complexity index is 592. The highest BCUT2D eigenvalue weighted by Crippen LogP contribution is 2.06. The third-order valence-electron chi connectivity index (χ3n) is 3.99. The van der Waals surface area contributed by atoms with Gasteiger partial charge in [-0.15, -0.1) is 24.0 Å². The molecule has 1 aromatic rings. The Labute approximate surface area is 171 Å². The van der Waals surface area contributed by atoms with E-state index in [-0.39, 0.29) is 35.9 Å². The van der Waals surface area contributed by atoms with Crippen LogP contribution in [-0.4, -0.2) is 67.7 Å². The van der Waals surface area contributed by atoms with Gasteiger partial charge in [0.05, 0.1) is 6.61 Å². The highest BCUT2D eigenvalue weighted by molar-refractivity contribution is 14.0. The van der Waals surface area contributed by atoms with Gasteiger partial charge in [0, 0.05) is 39.3 Å². The SMILES string of the molecule is CCNC(=NCCc1cccc(F)c1)N1CCN(C(=O)OCC)CC1.I. The molecule has 0 spiro atoms. The zero-order valence-corrected chi connectivity index (χ0v) is 17.7. The minimum absolute atomic E-state index is 0. The number of amides is 1. The molecule has 1 aliphatic heterocycles. The maximum Gasteiger partial charge on any atom is 0.409 e. The van der Waals surface area contributed by atoms with E-state index in [0.29, 0.717) is 45.8 Å². The van der Waals surface area contributed by atoms with Crippen molar-refractivity contribution in [1.82, 2.24) is 15.1 Å². The lowest BCUT2D eigenvalue weighted by molar-refractivity contribution is 0.0914. The fourth-order valence-corrected chi connectivity index (χ4v) is 2.72. The second-order valence-electron chi connectivity index (χ2n) is 5.79. The van der Waals surface area contributed by atoms with E-state index in [1.165, 1.54) is 6.07 Å². The van der Waals surface area contributed by atoms with Gasteiger partial charge in [-0.3, -0.25) is 4.99 Å². The molecule has 1 amide bonds. The number of piperazine rings is 1. The number of benzene rings is 1. The number of guanidine groups is 1. The van der Waals surface area contributed by atoms with Crippen molar-refractivity contribution in [3.05, 3.63) is 35.6 Å². The van der Waals surface area contributed by atoms with E-state index in [1.807, 2.05) is 19.9 Å². The number of hydrogen-bond acceptors (Lipinski definition) is 3. The highest BCUT2D eigenvalue weighted by atomic mass is 127. The van der Waals surface area contributed by atoms with Gasteiger partial charge in [0.2, 0.25) is 0 Å². The first kappa shape index (κ1) is 22.5. The quantitative estimate of drug-likeness (QED) is 0.402. The molecule has 0 bridgehead atoms. The zero-order valence-electron chi connectivity index (χ0n) is 15.4. The van der Waals surface area contributed by atoms with Crippen LogP contribution in [-0.2, 0) is 11.2 Å². The molecule has 6 nitrogen and oxygen atoms in total. The average Bonchev–Trinajstić information content (AvgIpc) is 2.61. The van der Waals surface area contributed by atoms with Gasteiger partial charge in [0.1, 0.15) is 5.82 Å². The topological polar surface area (TPSA) is 57.2 Å². The summed E-state index contributed by atoms with van der Waals surface area (Å²) in [6.45, 7) is 8.25. The van der Waals surface area contributed by atoms with E-state index in [2.05, 4.69) is 15.2 Å². The largest absolute Gasteiger partial charge is 0.450 e. The van der Waals surface area contributed by atoms with Crippen molar-refractivity contribution in [3.8, 4) is 0 Å². The summed E-state index contributed by atoms with van der Waals surface area (Å²) >= 11 is 0. The molecule has 1 aliphatic rings. The van der Waals surface area contributed by atoms with Crippen LogP contribution in [0.1, 0.15) is 19.4 Å². The number of nitrogens with zero attached hydrogens (tertiary/aromatic N) is 3. The highest BCUT2D eigenvalue weighted by Gasteiger charge is 2.23. The molecule has 26 heavy (non-hydrogen) atoms. The number of carbonyl (C=O) groups is 1. The standard InChI is InChI=1S/C18H27FN4O2.HI/c1-3-20-17(21-9-8-15-6-5-7-16(19)14-15)22-10-12-23(13-11-22)18(24)25-4-2;/h5-7,14H,3-4,8-13H2,1-2H3,(H,20,21);1H. The smallest absolute Gasteiger partial charge is 0.409 e. The van der Waals surface area contributed by atoms with Gasteiger partial charge in [0.25, 0.3) is 0 Å². The summed E-state index contributed by atoms with van der Waals surface area (Å²) in [5.74, 6) is 0.617. The fourth-order valence-electron chi connectivity index (χ4n) is 2.72.